The Labute approximate surface area is 113 Å². The Morgan fingerprint density at radius 3 is 3.05 bits per heavy atom. The number of nitrogens with zero attached hydrogens (tertiary/aromatic N) is 3. The van der Waals surface area contributed by atoms with Gasteiger partial charge in [-0.15, -0.1) is 0 Å². The van der Waals surface area contributed by atoms with E-state index in [4.69, 9.17) is 0 Å². The predicted octanol–water partition coefficient (Wildman–Crippen LogP) is 2.64. The van der Waals surface area contributed by atoms with Gasteiger partial charge < -0.3 is 5.32 Å². The first-order valence-electron chi connectivity index (χ1n) is 6.95. The Kier molecular flexibility index (Phi) is 3.34. The lowest BCUT2D eigenvalue weighted by Gasteiger charge is -2.15. The zero-order valence-corrected chi connectivity index (χ0v) is 11.5. The minimum Gasteiger partial charge on any atom is -0.303 e. The van der Waals surface area contributed by atoms with Gasteiger partial charge in [-0.25, -0.2) is 9.67 Å². The molecule has 1 aliphatic rings. The number of nitrogens with one attached hydrogen (secondary N) is 1. The molecule has 0 radical (unpaired) electrons. The Hall–Kier alpha value is -1.68. The largest absolute Gasteiger partial charge is 0.303 e. The maximum atomic E-state index is 4.34. The van der Waals surface area contributed by atoms with E-state index in [1.165, 1.54) is 24.0 Å². The van der Waals surface area contributed by atoms with E-state index in [0.29, 0.717) is 12.1 Å². The lowest BCUT2D eigenvalue weighted by molar-refractivity contribution is 0.462. The Balaban J connectivity index is 1.69. The summed E-state index contributed by atoms with van der Waals surface area (Å²) in [5.74, 6) is 1.01. The number of aryl methyl sites for hydroxylation is 1. The highest BCUT2D eigenvalue weighted by molar-refractivity contribution is 5.34. The molecule has 4 nitrogen and oxygen atoms in total. The van der Waals surface area contributed by atoms with Crippen LogP contribution in [0.1, 0.15) is 49.3 Å². The maximum absolute atomic E-state index is 4.34. The molecule has 0 fully saturated rings. The number of fused-ring (bicyclic) bond motifs is 1. The molecule has 0 spiro atoms. The summed E-state index contributed by atoms with van der Waals surface area (Å²) >= 11 is 0. The summed E-state index contributed by atoms with van der Waals surface area (Å²) in [5, 5.41) is 7.88. The lowest BCUT2D eigenvalue weighted by Crippen LogP contribution is -2.22. The van der Waals surface area contributed by atoms with Gasteiger partial charge in [0.1, 0.15) is 12.2 Å². The fourth-order valence-electron chi connectivity index (χ4n) is 2.82. The molecule has 1 aromatic carbocycles. The molecule has 1 N–H and O–H groups in total. The molecule has 4 heteroatoms. The predicted molar refractivity (Wildman–Crippen MR) is 74.8 cm³/mol. The fourth-order valence-corrected chi connectivity index (χ4v) is 2.82. The van der Waals surface area contributed by atoms with Crippen LogP contribution in [0.3, 0.4) is 0 Å². The van der Waals surface area contributed by atoms with Gasteiger partial charge in [0, 0.05) is 12.1 Å². The molecule has 1 aromatic heterocycles. The standard InChI is InChI=1S/C15H20N4/c1-11(2)19-15(17-10-18-19)9-16-14-8-7-12-5-3-4-6-13(12)14/h3-6,10-11,14,16H,7-9H2,1-2H3. The second kappa shape index (κ2) is 5.13. The van der Waals surface area contributed by atoms with E-state index >= 15 is 0 Å². The smallest absolute Gasteiger partial charge is 0.141 e. The van der Waals surface area contributed by atoms with Gasteiger partial charge in [-0.2, -0.15) is 5.10 Å². The molecule has 19 heavy (non-hydrogen) atoms. The van der Waals surface area contributed by atoms with Crippen LogP contribution in [0.2, 0.25) is 0 Å². The molecule has 100 valence electrons. The van der Waals surface area contributed by atoms with Gasteiger partial charge in [0.2, 0.25) is 0 Å². The molecule has 1 atom stereocenters. The van der Waals surface area contributed by atoms with Crippen molar-refractivity contribution in [3.63, 3.8) is 0 Å². The van der Waals surface area contributed by atoms with E-state index < -0.39 is 0 Å². The van der Waals surface area contributed by atoms with Crippen LogP contribution in [-0.4, -0.2) is 14.8 Å². The molecule has 0 saturated heterocycles. The zero-order valence-electron chi connectivity index (χ0n) is 11.5. The summed E-state index contributed by atoms with van der Waals surface area (Å²) < 4.78 is 1.98. The van der Waals surface area contributed by atoms with Crippen molar-refractivity contribution in [2.45, 2.75) is 45.3 Å². The molecule has 0 bridgehead atoms. The second-order valence-corrected chi connectivity index (χ2v) is 5.39. The summed E-state index contributed by atoms with van der Waals surface area (Å²) in [5.41, 5.74) is 2.92. The summed E-state index contributed by atoms with van der Waals surface area (Å²) in [7, 11) is 0. The van der Waals surface area contributed by atoms with Crippen molar-refractivity contribution in [3.8, 4) is 0 Å². The average molecular weight is 256 g/mol. The summed E-state index contributed by atoms with van der Waals surface area (Å²) in [6.07, 6.45) is 3.99. The van der Waals surface area contributed by atoms with Crippen LogP contribution in [0.5, 0.6) is 0 Å². The summed E-state index contributed by atoms with van der Waals surface area (Å²) in [6, 6.07) is 9.51. The molecular formula is C15H20N4. The number of aromatic nitrogens is 3. The lowest BCUT2D eigenvalue weighted by atomic mass is 10.1. The van der Waals surface area contributed by atoms with Gasteiger partial charge in [0.25, 0.3) is 0 Å². The van der Waals surface area contributed by atoms with Crippen molar-refractivity contribution in [1.29, 1.82) is 0 Å². The third-order valence-electron chi connectivity index (χ3n) is 3.78. The summed E-state index contributed by atoms with van der Waals surface area (Å²) in [6.45, 7) is 5.03. The van der Waals surface area contributed by atoms with Crippen molar-refractivity contribution >= 4 is 0 Å². The van der Waals surface area contributed by atoms with Crippen LogP contribution < -0.4 is 5.32 Å². The van der Waals surface area contributed by atoms with Crippen molar-refractivity contribution in [3.05, 3.63) is 47.5 Å². The zero-order chi connectivity index (χ0) is 13.2. The molecule has 1 aliphatic carbocycles. The third-order valence-corrected chi connectivity index (χ3v) is 3.78. The van der Waals surface area contributed by atoms with Gasteiger partial charge in [-0.1, -0.05) is 24.3 Å². The van der Waals surface area contributed by atoms with Gasteiger partial charge in [0.05, 0.1) is 6.54 Å². The van der Waals surface area contributed by atoms with E-state index in [2.05, 4.69) is 53.5 Å². The Bertz CT molecular complexity index is 559. The number of hydrogen-bond acceptors (Lipinski definition) is 3. The highest BCUT2D eigenvalue weighted by atomic mass is 15.4. The minimum absolute atomic E-state index is 0.357. The highest BCUT2D eigenvalue weighted by Crippen LogP contribution is 2.30. The first-order chi connectivity index (χ1) is 9.25. The van der Waals surface area contributed by atoms with Gasteiger partial charge in [-0.05, 0) is 37.8 Å². The Morgan fingerprint density at radius 2 is 2.21 bits per heavy atom. The van der Waals surface area contributed by atoms with E-state index in [0.717, 1.165) is 12.4 Å². The van der Waals surface area contributed by atoms with Crippen LogP contribution in [0.15, 0.2) is 30.6 Å². The quantitative estimate of drug-likeness (QED) is 0.914. The van der Waals surface area contributed by atoms with E-state index in [1.54, 1.807) is 6.33 Å². The minimum atomic E-state index is 0.357. The molecule has 0 amide bonds. The third kappa shape index (κ3) is 2.40. The topological polar surface area (TPSA) is 42.7 Å². The molecule has 3 rings (SSSR count). The highest BCUT2D eigenvalue weighted by Gasteiger charge is 2.21. The van der Waals surface area contributed by atoms with Crippen molar-refractivity contribution in [2.24, 2.45) is 0 Å². The van der Waals surface area contributed by atoms with E-state index in [-0.39, 0.29) is 0 Å². The number of benzene rings is 1. The summed E-state index contributed by atoms with van der Waals surface area (Å²) in [4.78, 5) is 4.34. The first kappa shape index (κ1) is 12.4. The van der Waals surface area contributed by atoms with Gasteiger partial charge in [-0.3, -0.25) is 0 Å². The molecule has 0 aliphatic heterocycles. The van der Waals surface area contributed by atoms with E-state index in [9.17, 15) is 0 Å². The average Bonchev–Trinajstić information content (AvgIpc) is 3.03. The van der Waals surface area contributed by atoms with Crippen LogP contribution in [0, 0.1) is 0 Å². The SMILES string of the molecule is CC(C)n1ncnc1CNC1CCc2ccccc21. The van der Waals surface area contributed by atoms with Gasteiger partial charge in [0.15, 0.2) is 0 Å². The monoisotopic (exact) mass is 256 g/mol. The molecule has 0 saturated carbocycles. The fraction of sp³-hybridized carbons (Fsp3) is 0.467. The van der Waals surface area contributed by atoms with Crippen LogP contribution in [0.4, 0.5) is 0 Å². The second-order valence-electron chi connectivity index (χ2n) is 5.39. The van der Waals surface area contributed by atoms with Crippen molar-refractivity contribution < 1.29 is 0 Å². The maximum Gasteiger partial charge on any atom is 0.141 e. The van der Waals surface area contributed by atoms with Crippen LogP contribution in [0.25, 0.3) is 0 Å². The van der Waals surface area contributed by atoms with Gasteiger partial charge >= 0.3 is 0 Å². The Morgan fingerprint density at radius 1 is 1.37 bits per heavy atom. The molecule has 1 unspecified atom stereocenters. The normalized spacial score (nSPS) is 17.9. The first-order valence-corrected chi connectivity index (χ1v) is 6.95. The van der Waals surface area contributed by atoms with Crippen LogP contribution in [-0.2, 0) is 13.0 Å². The number of rotatable bonds is 4. The molecule has 1 heterocycles. The molecular weight excluding hydrogens is 236 g/mol. The van der Waals surface area contributed by atoms with Crippen LogP contribution >= 0.6 is 0 Å². The molecule has 2 aromatic rings. The van der Waals surface area contributed by atoms with Crippen molar-refractivity contribution in [2.75, 3.05) is 0 Å². The van der Waals surface area contributed by atoms with Crippen molar-refractivity contribution in [1.82, 2.24) is 20.1 Å². The number of hydrogen-bond donors (Lipinski definition) is 1. The van der Waals surface area contributed by atoms with E-state index in [1.807, 2.05) is 4.68 Å².